The molecule has 0 bridgehead atoms. The molecule has 1 aromatic heterocycles. The molecule has 0 saturated carbocycles. The summed E-state index contributed by atoms with van der Waals surface area (Å²) in [6.07, 6.45) is 1.86. The molecule has 106 valence electrons. The maximum absolute atomic E-state index is 11.7. The summed E-state index contributed by atoms with van der Waals surface area (Å²) in [5.41, 5.74) is 1.12. The number of carbonyl (C=O) groups excluding carboxylic acids is 1. The number of hydrogen-bond donors (Lipinski definition) is 1. The first-order chi connectivity index (χ1) is 9.06. The Bertz CT molecular complexity index is 389. The number of aromatic nitrogens is 1. The average molecular weight is 264 g/mol. The van der Waals surface area contributed by atoms with Gasteiger partial charge in [0.25, 0.3) is 0 Å². The molecule has 0 aliphatic heterocycles. The molecule has 0 aliphatic rings. The van der Waals surface area contributed by atoms with Crippen LogP contribution in [0.2, 0.25) is 0 Å². The third-order valence-corrected chi connectivity index (χ3v) is 2.89. The standard InChI is InChI=1S/C14H24N4O/c1-5-15-13-8-7-12(9-16-13)10-18(6-2)11-14(19)17(3)4/h7-9H,5-6,10-11H2,1-4H3,(H,15,16). The van der Waals surface area contributed by atoms with Gasteiger partial charge in [0.2, 0.25) is 5.91 Å². The van der Waals surface area contributed by atoms with Crippen LogP contribution >= 0.6 is 0 Å². The Morgan fingerprint density at radius 3 is 2.53 bits per heavy atom. The summed E-state index contributed by atoms with van der Waals surface area (Å²) in [5, 5.41) is 3.16. The van der Waals surface area contributed by atoms with Gasteiger partial charge in [-0.3, -0.25) is 9.69 Å². The van der Waals surface area contributed by atoms with Crippen LogP contribution < -0.4 is 5.32 Å². The maximum atomic E-state index is 11.7. The first-order valence-electron chi connectivity index (χ1n) is 6.68. The van der Waals surface area contributed by atoms with Crippen molar-refractivity contribution in [3.05, 3.63) is 23.9 Å². The molecule has 0 spiro atoms. The lowest BCUT2D eigenvalue weighted by Gasteiger charge is -2.21. The van der Waals surface area contributed by atoms with Crippen molar-refractivity contribution < 1.29 is 4.79 Å². The molecule has 1 rings (SSSR count). The average Bonchev–Trinajstić information content (AvgIpc) is 2.40. The summed E-state index contributed by atoms with van der Waals surface area (Å²) in [7, 11) is 3.56. The summed E-state index contributed by atoms with van der Waals surface area (Å²) in [4.78, 5) is 19.8. The minimum absolute atomic E-state index is 0.124. The van der Waals surface area contributed by atoms with E-state index in [-0.39, 0.29) is 5.91 Å². The van der Waals surface area contributed by atoms with Gasteiger partial charge < -0.3 is 10.2 Å². The van der Waals surface area contributed by atoms with Crippen LogP contribution in [-0.2, 0) is 11.3 Å². The number of carbonyl (C=O) groups is 1. The van der Waals surface area contributed by atoms with Crippen molar-refractivity contribution in [3.63, 3.8) is 0 Å². The van der Waals surface area contributed by atoms with Gasteiger partial charge >= 0.3 is 0 Å². The van der Waals surface area contributed by atoms with E-state index in [1.807, 2.05) is 25.3 Å². The van der Waals surface area contributed by atoms with Crippen LogP contribution in [0.5, 0.6) is 0 Å². The molecule has 0 aromatic carbocycles. The molecule has 0 atom stereocenters. The lowest BCUT2D eigenvalue weighted by molar-refractivity contribution is -0.130. The molecule has 5 nitrogen and oxygen atoms in total. The molecule has 0 unspecified atom stereocenters. The second-order valence-corrected chi connectivity index (χ2v) is 4.67. The lowest BCUT2D eigenvalue weighted by Crippen LogP contribution is -2.36. The van der Waals surface area contributed by atoms with Crippen molar-refractivity contribution in [3.8, 4) is 0 Å². The molecule has 0 saturated heterocycles. The summed E-state index contributed by atoms with van der Waals surface area (Å²) in [6.45, 7) is 7.00. The summed E-state index contributed by atoms with van der Waals surface area (Å²) >= 11 is 0. The fourth-order valence-electron chi connectivity index (χ4n) is 1.67. The minimum atomic E-state index is 0.124. The van der Waals surface area contributed by atoms with Crippen molar-refractivity contribution in [1.29, 1.82) is 0 Å². The Morgan fingerprint density at radius 2 is 2.05 bits per heavy atom. The number of nitrogens with one attached hydrogen (secondary N) is 1. The van der Waals surface area contributed by atoms with Crippen LogP contribution in [0.25, 0.3) is 0 Å². The van der Waals surface area contributed by atoms with Gasteiger partial charge in [-0.05, 0) is 25.1 Å². The Balaban J connectivity index is 2.57. The Hall–Kier alpha value is -1.62. The van der Waals surface area contributed by atoms with Gasteiger partial charge in [0.15, 0.2) is 0 Å². The van der Waals surface area contributed by atoms with Crippen LogP contribution in [0, 0.1) is 0 Å². The van der Waals surface area contributed by atoms with Crippen LogP contribution in [-0.4, -0.2) is 54.4 Å². The van der Waals surface area contributed by atoms with Gasteiger partial charge in [0.05, 0.1) is 6.54 Å². The smallest absolute Gasteiger partial charge is 0.236 e. The molecule has 0 fully saturated rings. The number of anilines is 1. The maximum Gasteiger partial charge on any atom is 0.236 e. The predicted molar refractivity (Wildman–Crippen MR) is 78.0 cm³/mol. The fourth-order valence-corrected chi connectivity index (χ4v) is 1.67. The second-order valence-electron chi connectivity index (χ2n) is 4.67. The van der Waals surface area contributed by atoms with E-state index in [1.54, 1.807) is 19.0 Å². The van der Waals surface area contributed by atoms with Gasteiger partial charge in [-0.2, -0.15) is 0 Å². The molecule has 1 amide bonds. The number of amides is 1. The number of hydrogen-bond acceptors (Lipinski definition) is 4. The number of likely N-dealkylation sites (N-methyl/N-ethyl adjacent to an activating group) is 2. The van der Waals surface area contributed by atoms with E-state index in [0.717, 1.165) is 31.0 Å². The molecular weight excluding hydrogens is 240 g/mol. The van der Waals surface area contributed by atoms with E-state index >= 15 is 0 Å². The molecule has 1 heterocycles. The van der Waals surface area contributed by atoms with Gasteiger partial charge in [-0.1, -0.05) is 13.0 Å². The minimum Gasteiger partial charge on any atom is -0.370 e. The molecule has 0 radical (unpaired) electrons. The highest BCUT2D eigenvalue weighted by atomic mass is 16.2. The third-order valence-electron chi connectivity index (χ3n) is 2.89. The topological polar surface area (TPSA) is 48.5 Å². The number of nitrogens with zero attached hydrogens (tertiary/aromatic N) is 3. The van der Waals surface area contributed by atoms with E-state index in [1.165, 1.54) is 0 Å². The molecule has 5 heteroatoms. The molecule has 1 N–H and O–H groups in total. The molecule has 0 aliphatic carbocycles. The normalized spacial score (nSPS) is 10.6. The molecule has 1 aromatic rings. The largest absolute Gasteiger partial charge is 0.370 e. The van der Waals surface area contributed by atoms with E-state index in [4.69, 9.17) is 0 Å². The lowest BCUT2D eigenvalue weighted by atomic mass is 10.2. The SMILES string of the molecule is CCNc1ccc(CN(CC)CC(=O)N(C)C)cn1. The Labute approximate surface area is 115 Å². The zero-order chi connectivity index (χ0) is 14.3. The van der Waals surface area contributed by atoms with Crippen molar-refractivity contribution in [1.82, 2.24) is 14.8 Å². The van der Waals surface area contributed by atoms with E-state index < -0.39 is 0 Å². The van der Waals surface area contributed by atoms with Gasteiger partial charge in [0, 0.05) is 33.4 Å². The van der Waals surface area contributed by atoms with Crippen molar-refractivity contribution in [2.24, 2.45) is 0 Å². The molecule has 19 heavy (non-hydrogen) atoms. The molecular formula is C14H24N4O. The van der Waals surface area contributed by atoms with Gasteiger partial charge in [-0.15, -0.1) is 0 Å². The van der Waals surface area contributed by atoms with Crippen molar-refractivity contribution >= 4 is 11.7 Å². The quantitative estimate of drug-likeness (QED) is 0.809. The van der Waals surface area contributed by atoms with Gasteiger partial charge in [-0.25, -0.2) is 4.98 Å². The Morgan fingerprint density at radius 1 is 1.32 bits per heavy atom. The first kappa shape index (κ1) is 15.4. The second kappa shape index (κ2) is 7.74. The highest BCUT2D eigenvalue weighted by Gasteiger charge is 2.11. The summed E-state index contributed by atoms with van der Waals surface area (Å²) < 4.78 is 0. The van der Waals surface area contributed by atoms with Crippen LogP contribution in [0.4, 0.5) is 5.82 Å². The van der Waals surface area contributed by atoms with Crippen molar-refractivity contribution in [2.75, 3.05) is 39.0 Å². The Kier molecular flexibility index (Phi) is 6.29. The highest BCUT2D eigenvalue weighted by molar-refractivity contribution is 5.77. The van der Waals surface area contributed by atoms with Crippen LogP contribution in [0.15, 0.2) is 18.3 Å². The predicted octanol–water partition coefficient (Wildman–Crippen LogP) is 1.42. The van der Waals surface area contributed by atoms with Crippen LogP contribution in [0.3, 0.4) is 0 Å². The van der Waals surface area contributed by atoms with Crippen LogP contribution in [0.1, 0.15) is 19.4 Å². The number of pyridine rings is 1. The van der Waals surface area contributed by atoms with Gasteiger partial charge in [0.1, 0.15) is 5.82 Å². The summed E-state index contributed by atoms with van der Waals surface area (Å²) in [5.74, 6) is 1.01. The van der Waals surface area contributed by atoms with E-state index in [9.17, 15) is 4.79 Å². The van der Waals surface area contributed by atoms with E-state index in [2.05, 4.69) is 22.1 Å². The fraction of sp³-hybridized carbons (Fsp3) is 0.571. The zero-order valence-corrected chi connectivity index (χ0v) is 12.3. The van der Waals surface area contributed by atoms with Crippen molar-refractivity contribution in [2.45, 2.75) is 20.4 Å². The summed E-state index contributed by atoms with van der Waals surface area (Å²) in [6, 6.07) is 4.02. The highest BCUT2D eigenvalue weighted by Crippen LogP contribution is 2.07. The monoisotopic (exact) mass is 264 g/mol. The van der Waals surface area contributed by atoms with E-state index in [0.29, 0.717) is 6.54 Å². The number of rotatable bonds is 7. The third kappa shape index (κ3) is 5.26. The zero-order valence-electron chi connectivity index (χ0n) is 12.3. The first-order valence-corrected chi connectivity index (χ1v) is 6.68.